The maximum Gasteiger partial charge on any atom is 0.324 e. The minimum absolute atomic E-state index is 0.139. The number of hydrogen-bond acceptors (Lipinski definition) is 9. The molecular formula is C9H27O9P. The Balaban J connectivity index is -0.0000000793. The minimum Gasteiger partial charge on any atom is -0.394 e. The third-order valence-corrected chi connectivity index (χ3v) is 0.793. The first-order valence-corrected chi connectivity index (χ1v) is 6.48. The highest BCUT2D eigenvalue weighted by Crippen LogP contribution is 2.11. The van der Waals surface area contributed by atoms with Crippen molar-refractivity contribution in [2.45, 2.75) is 39.1 Å². The van der Waals surface area contributed by atoms with E-state index in [2.05, 4.69) is 0 Å². The highest BCUT2D eigenvalue weighted by molar-refractivity contribution is 7.38. The first-order valence-electron chi connectivity index (χ1n) is 5.28. The Morgan fingerprint density at radius 1 is 0.632 bits per heavy atom. The van der Waals surface area contributed by atoms with Crippen LogP contribution in [-0.2, 0) is 0 Å². The van der Waals surface area contributed by atoms with Gasteiger partial charge in [0.1, 0.15) is 0 Å². The Bertz CT molecular complexity index is 111. The summed E-state index contributed by atoms with van der Waals surface area (Å²) < 4.78 is 0. The number of hydrogen-bond donors (Lipinski definition) is 9. The Morgan fingerprint density at radius 3 is 0.684 bits per heavy atom. The molecule has 0 spiro atoms. The molecule has 0 saturated heterocycles. The fraction of sp³-hybridized carbons (Fsp3) is 1.00. The molecule has 0 aliphatic carbocycles. The van der Waals surface area contributed by atoms with Crippen molar-refractivity contribution < 1.29 is 45.3 Å². The van der Waals surface area contributed by atoms with Crippen LogP contribution in [-0.4, -0.2) is 83.5 Å². The van der Waals surface area contributed by atoms with Crippen LogP contribution >= 0.6 is 8.60 Å². The molecule has 19 heavy (non-hydrogen) atoms. The summed E-state index contributed by atoms with van der Waals surface area (Å²) in [5.41, 5.74) is 0. The van der Waals surface area contributed by atoms with Crippen LogP contribution in [0.3, 0.4) is 0 Å². The van der Waals surface area contributed by atoms with E-state index in [-0.39, 0.29) is 19.8 Å². The fourth-order valence-corrected chi connectivity index (χ4v) is 0. The Hall–Kier alpha value is 0.0700. The molecule has 0 aromatic heterocycles. The van der Waals surface area contributed by atoms with Gasteiger partial charge in [0.15, 0.2) is 0 Å². The van der Waals surface area contributed by atoms with Crippen molar-refractivity contribution in [2.75, 3.05) is 19.8 Å². The highest BCUT2D eigenvalue weighted by atomic mass is 31.2. The molecule has 0 saturated carbocycles. The lowest BCUT2D eigenvalue weighted by molar-refractivity contribution is 0.110. The third-order valence-electron chi connectivity index (χ3n) is 0.793. The van der Waals surface area contributed by atoms with Crippen molar-refractivity contribution in [3.05, 3.63) is 0 Å². The molecule has 0 aromatic carbocycles. The van der Waals surface area contributed by atoms with Crippen LogP contribution < -0.4 is 0 Å². The van der Waals surface area contributed by atoms with Crippen molar-refractivity contribution in [3.63, 3.8) is 0 Å². The molecule has 3 unspecified atom stereocenters. The lowest BCUT2D eigenvalue weighted by Gasteiger charge is -1.90. The second-order valence-corrected chi connectivity index (χ2v) is 3.90. The van der Waals surface area contributed by atoms with Crippen molar-refractivity contribution in [1.82, 2.24) is 0 Å². The van der Waals surface area contributed by atoms with E-state index >= 15 is 0 Å². The van der Waals surface area contributed by atoms with Crippen LogP contribution in [0.15, 0.2) is 0 Å². The topological polar surface area (TPSA) is 182 Å². The molecule has 9 nitrogen and oxygen atoms in total. The van der Waals surface area contributed by atoms with Crippen molar-refractivity contribution in [1.29, 1.82) is 0 Å². The van der Waals surface area contributed by atoms with Gasteiger partial charge in [-0.25, -0.2) is 0 Å². The molecule has 0 amide bonds. The normalized spacial score (nSPS) is 13.7. The van der Waals surface area contributed by atoms with Gasteiger partial charge in [0.05, 0.1) is 38.1 Å². The summed E-state index contributed by atoms with van der Waals surface area (Å²) in [5, 5.41) is 48.0. The van der Waals surface area contributed by atoms with Crippen molar-refractivity contribution in [3.8, 4) is 0 Å². The van der Waals surface area contributed by atoms with Crippen LogP contribution in [0.4, 0.5) is 0 Å². The second kappa shape index (κ2) is 23.2. The van der Waals surface area contributed by atoms with Gasteiger partial charge < -0.3 is 45.3 Å². The largest absolute Gasteiger partial charge is 0.394 e. The molecule has 0 rings (SSSR count). The molecular weight excluding hydrogens is 283 g/mol. The van der Waals surface area contributed by atoms with Gasteiger partial charge in [-0.15, -0.1) is 0 Å². The quantitative estimate of drug-likeness (QED) is 0.250. The Kier molecular flexibility index (Phi) is 33.5. The van der Waals surface area contributed by atoms with E-state index in [9.17, 15) is 0 Å². The average molecular weight is 310 g/mol. The van der Waals surface area contributed by atoms with Gasteiger partial charge in [0.25, 0.3) is 0 Å². The molecule has 10 heteroatoms. The molecule has 3 atom stereocenters. The predicted molar refractivity (Wildman–Crippen MR) is 69.9 cm³/mol. The average Bonchev–Trinajstić information content (AvgIpc) is 2.29. The molecule has 0 heterocycles. The molecule has 122 valence electrons. The van der Waals surface area contributed by atoms with Gasteiger partial charge in [-0.3, -0.25) is 0 Å². The molecule has 9 N–H and O–H groups in total. The number of rotatable bonds is 3. The summed E-state index contributed by atoms with van der Waals surface area (Å²) in [5.74, 6) is 0. The Morgan fingerprint density at radius 2 is 0.684 bits per heavy atom. The maximum atomic E-state index is 8.11. The van der Waals surface area contributed by atoms with Gasteiger partial charge in [-0.2, -0.15) is 0 Å². The highest BCUT2D eigenvalue weighted by Gasteiger charge is 1.84. The van der Waals surface area contributed by atoms with Gasteiger partial charge in [-0.1, -0.05) is 0 Å². The third kappa shape index (κ3) is 127. The van der Waals surface area contributed by atoms with Crippen LogP contribution in [0.25, 0.3) is 0 Å². The summed E-state index contributed by atoms with van der Waals surface area (Å²) in [4.78, 5) is 21.7. The summed E-state index contributed by atoms with van der Waals surface area (Å²) in [6.45, 7) is 4.17. The summed E-state index contributed by atoms with van der Waals surface area (Å²) in [7, 11) is -2.62. The van der Waals surface area contributed by atoms with Crippen LogP contribution in [0.2, 0.25) is 0 Å². The summed E-state index contributed by atoms with van der Waals surface area (Å²) >= 11 is 0. The van der Waals surface area contributed by atoms with Crippen molar-refractivity contribution >= 4 is 8.60 Å². The van der Waals surface area contributed by atoms with E-state index < -0.39 is 26.9 Å². The van der Waals surface area contributed by atoms with E-state index in [1.54, 1.807) is 0 Å². The zero-order chi connectivity index (χ0) is 16.4. The standard InChI is InChI=1S/3C3H8O2.H3O3P/c3*1-3(5)2-4;1-4(2)3/h3*3-5H,2H2,1H3;1-3H. The number of aliphatic hydroxyl groups excluding tert-OH is 6. The molecule has 0 fully saturated rings. The molecule has 0 radical (unpaired) electrons. The van der Waals surface area contributed by atoms with E-state index in [1.165, 1.54) is 20.8 Å². The van der Waals surface area contributed by atoms with Gasteiger partial charge in [-0.05, 0) is 20.8 Å². The SMILES string of the molecule is CC(O)CO.CC(O)CO.CC(O)CO.OP(O)O. The van der Waals surface area contributed by atoms with Crippen LogP contribution in [0.5, 0.6) is 0 Å². The monoisotopic (exact) mass is 310 g/mol. The molecule has 0 aliphatic heterocycles. The predicted octanol–water partition coefficient (Wildman–Crippen LogP) is -2.73. The van der Waals surface area contributed by atoms with Crippen LogP contribution in [0.1, 0.15) is 20.8 Å². The molecule has 0 bridgehead atoms. The molecule has 0 aromatic rings. The number of aliphatic hydroxyl groups is 6. The first kappa shape index (κ1) is 27.4. The van der Waals surface area contributed by atoms with E-state index in [4.69, 9.17) is 45.3 Å². The summed E-state index contributed by atoms with van der Waals surface area (Å²) in [6.07, 6.45) is -1.68. The zero-order valence-electron chi connectivity index (χ0n) is 11.3. The second-order valence-electron chi connectivity index (χ2n) is 3.36. The zero-order valence-corrected chi connectivity index (χ0v) is 12.2. The Labute approximate surface area is 114 Å². The first-order chi connectivity index (χ1) is 8.54. The fourth-order valence-electron chi connectivity index (χ4n) is 0. The van der Waals surface area contributed by atoms with E-state index in [0.717, 1.165) is 0 Å². The summed E-state index contributed by atoms with van der Waals surface area (Å²) in [6, 6.07) is 0. The van der Waals surface area contributed by atoms with Gasteiger partial charge in [0.2, 0.25) is 0 Å². The maximum absolute atomic E-state index is 8.11. The minimum atomic E-state index is -2.62. The molecule has 0 aliphatic rings. The van der Waals surface area contributed by atoms with E-state index in [0.29, 0.717) is 0 Å². The van der Waals surface area contributed by atoms with Gasteiger partial charge in [0, 0.05) is 0 Å². The van der Waals surface area contributed by atoms with Crippen LogP contribution in [0, 0.1) is 0 Å². The smallest absolute Gasteiger partial charge is 0.324 e. The van der Waals surface area contributed by atoms with Gasteiger partial charge >= 0.3 is 8.60 Å². The lowest BCUT2D eigenvalue weighted by Crippen LogP contribution is -2.03. The van der Waals surface area contributed by atoms with Crippen molar-refractivity contribution in [2.24, 2.45) is 0 Å². The lowest BCUT2D eigenvalue weighted by atomic mass is 10.5. The van der Waals surface area contributed by atoms with E-state index in [1.807, 2.05) is 0 Å².